The minimum atomic E-state index is -3.64. The van der Waals surface area contributed by atoms with Gasteiger partial charge in [-0.15, -0.1) is 0 Å². The molecule has 1 aliphatic heterocycles. The molecule has 0 saturated carbocycles. The van der Waals surface area contributed by atoms with Crippen LogP contribution in [0.25, 0.3) is 0 Å². The van der Waals surface area contributed by atoms with Crippen LogP contribution < -0.4 is 11.1 Å². The van der Waals surface area contributed by atoms with Gasteiger partial charge in [-0.05, 0) is 37.1 Å². The van der Waals surface area contributed by atoms with Gasteiger partial charge in [0.05, 0.1) is 4.90 Å². The van der Waals surface area contributed by atoms with Gasteiger partial charge >= 0.3 is 0 Å². The Kier molecular flexibility index (Phi) is 3.77. The van der Waals surface area contributed by atoms with Crippen molar-refractivity contribution in [3.8, 4) is 0 Å². The third-order valence-corrected chi connectivity index (χ3v) is 5.16. The van der Waals surface area contributed by atoms with Gasteiger partial charge in [0.25, 0.3) is 0 Å². The molecule has 1 fully saturated rings. The highest BCUT2D eigenvalue weighted by Gasteiger charge is 2.38. The molecule has 1 aromatic rings. The van der Waals surface area contributed by atoms with Gasteiger partial charge in [-0.1, -0.05) is 0 Å². The normalized spacial score (nSPS) is 20.4. The summed E-state index contributed by atoms with van der Waals surface area (Å²) in [5, 5.41) is 2.50. The summed E-state index contributed by atoms with van der Waals surface area (Å²) in [6.07, 6.45) is 1.24. The van der Waals surface area contributed by atoms with Crippen molar-refractivity contribution in [2.45, 2.75) is 23.8 Å². The summed E-state index contributed by atoms with van der Waals surface area (Å²) in [5.74, 6) is -0.267. The fraction of sp³-hybridized carbons (Fsp3) is 0.417. The van der Waals surface area contributed by atoms with Crippen molar-refractivity contribution in [3.05, 3.63) is 24.3 Å². The van der Waals surface area contributed by atoms with Crippen molar-refractivity contribution in [2.75, 3.05) is 19.3 Å². The molecule has 1 unspecified atom stereocenters. The number of sulfonamides is 1. The van der Waals surface area contributed by atoms with E-state index >= 15 is 0 Å². The van der Waals surface area contributed by atoms with Gasteiger partial charge in [0.15, 0.2) is 0 Å². The maximum Gasteiger partial charge on any atom is 0.243 e. The molecule has 104 valence electrons. The number of nitrogen functional groups attached to an aromatic ring is 1. The predicted octanol–water partition coefficient (Wildman–Crippen LogP) is 0.168. The molecule has 1 aromatic carbocycles. The van der Waals surface area contributed by atoms with E-state index in [9.17, 15) is 13.2 Å². The van der Waals surface area contributed by atoms with Gasteiger partial charge in [-0.25, -0.2) is 8.42 Å². The SMILES string of the molecule is CNC(=O)C1CCCN1S(=O)(=O)c1ccc(N)cc1. The van der Waals surface area contributed by atoms with Gasteiger partial charge in [0.2, 0.25) is 15.9 Å². The molecule has 3 N–H and O–H groups in total. The smallest absolute Gasteiger partial charge is 0.243 e. The monoisotopic (exact) mass is 283 g/mol. The summed E-state index contributed by atoms with van der Waals surface area (Å²) in [4.78, 5) is 11.9. The molecule has 0 radical (unpaired) electrons. The van der Waals surface area contributed by atoms with Crippen LogP contribution >= 0.6 is 0 Å². The van der Waals surface area contributed by atoms with E-state index in [1.807, 2.05) is 0 Å². The quantitative estimate of drug-likeness (QED) is 0.773. The number of hydrogen-bond donors (Lipinski definition) is 2. The highest BCUT2D eigenvalue weighted by atomic mass is 32.2. The number of rotatable bonds is 3. The molecule has 2 rings (SSSR count). The van der Waals surface area contributed by atoms with Crippen molar-refractivity contribution >= 4 is 21.6 Å². The second-order valence-corrected chi connectivity index (χ2v) is 6.35. The van der Waals surface area contributed by atoms with E-state index in [0.29, 0.717) is 25.1 Å². The van der Waals surface area contributed by atoms with Gasteiger partial charge in [0, 0.05) is 19.3 Å². The number of nitrogens with one attached hydrogen (secondary N) is 1. The number of nitrogens with two attached hydrogens (primary N) is 1. The number of likely N-dealkylation sites (N-methyl/N-ethyl adjacent to an activating group) is 1. The van der Waals surface area contributed by atoms with Crippen LogP contribution in [0.1, 0.15) is 12.8 Å². The zero-order valence-corrected chi connectivity index (χ0v) is 11.5. The zero-order valence-electron chi connectivity index (χ0n) is 10.7. The van der Waals surface area contributed by atoms with Gasteiger partial charge in [-0.2, -0.15) is 4.31 Å². The summed E-state index contributed by atoms with van der Waals surface area (Å²) in [6, 6.07) is 5.39. The lowest BCUT2D eigenvalue weighted by Crippen LogP contribution is -2.44. The van der Waals surface area contributed by atoms with E-state index in [1.165, 1.54) is 35.6 Å². The van der Waals surface area contributed by atoms with Gasteiger partial charge < -0.3 is 11.1 Å². The Balaban J connectivity index is 2.33. The van der Waals surface area contributed by atoms with Crippen molar-refractivity contribution in [3.63, 3.8) is 0 Å². The Morgan fingerprint density at radius 1 is 1.37 bits per heavy atom. The van der Waals surface area contributed by atoms with Crippen LogP contribution in [0, 0.1) is 0 Å². The highest BCUT2D eigenvalue weighted by Crippen LogP contribution is 2.26. The van der Waals surface area contributed by atoms with Crippen LogP contribution in [0.15, 0.2) is 29.2 Å². The fourth-order valence-corrected chi connectivity index (χ4v) is 3.89. The molecule has 0 bridgehead atoms. The lowest BCUT2D eigenvalue weighted by atomic mass is 10.2. The number of nitrogens with zero attached hydrogens (tertiary/aromatic N) is 1. The number of carbonyl (C=O) groups is 1. The first-order chi connectivity index (χ1) is 8.96. The molecular weight excluding hydrogens is 266 g/mol. The summed E-state index contributed by atoms with van der Waals surface area (Å²) in [7, 11) is -2.13. The molecule has 0 aliphatic carbocycles. The summed E-state index contributed by atoms with van der Waals surface area (Å²) in [5.41, 5.74) is 6.05. The summed E-state index contributed by atoms with van der Waals surface area (Å²) in [6.45, 7) is 0.366. The van der Waals surface area contributed by atoms with Crippen LogP contribution in [0.4, 0.5) is 5.69 Å². The van der Waals surface area contributed by atoms with Crippen LogP contribution in [0.3, 0.4) is 0 Å². The molecular formula is C12H17N3O3S. The Morgan fingerprint density at radius 2 is 2.00 bits per heavy atom. The van der Waals surface area contributed by atoms with E-state index in [-0.39, 0.29) is 10.8 Å². The lowest BCUT2D eigenvalue weighted by Gasteiger charge is -2.22. The van der Waals surface area contributed by atoms with E-state index in [4.69, 9.17) is 5.73 Å². The van der Waals surface area contributed by atoms with Crippen LogP contribution in [-0.2, 0) is 14.8 Å². The first-order valence-corrected chi connectivity index (χ1v) is 7.50. The first kappa shape index (κ1) is 13.8. The predicted molar refractivity (Wildman–Crippen MR) is 71.8 cm³/mol. The zero-order chi connectivity index (χ0) is 14.0. The molecule has 19 heavy (non-hydrogen) atoms. The Bertz CT molecular complexity index is 568. The number of carbonyl (C=O) groups excluding carboxylic acids is 1. The maximum absolute atomic E-state index is 12.5. The van der Waals surface area contributed by atoms with Gasteiger partial charge in [-0.3, -0.25) is 4.79 Å². The highest BCUT2D eigenvalue weighted by molar-refractivity contribution is 7.89. The minimum Gasteiger partial charge on any atom is -0.399 e. The first-order valence-electron chi connectivity index (χ1n) is 6.06. The second-order valence-electron chi connectivity index (χ2n) is 4.46. The molecule has 1 amide bonds. The summed E-state index contributed by atoms with van der Waals surface area (Å²) >= 11 is 0. The fourth-order valence-electron chi connectivity index (χ4n) is 2.23. The lowest BCUT2D eigenvalue weighted by molar-refractivity contribution is -0.123. The third kappa shape index (κ3) is 2.57. The molecule has 0 aromatic heterocycles. The van der Waals surface area contributed by atoms with E-state index < -0.39 is 16.1 Å². The van der Waals surface area contributed by atoms with Crippen molar-refractivity contribution < 1.29 is 13.2 Å². The molecule has 1 heterocycles. The maximum atomic E-state index is 12.5. The number of hydrogen-bond acceptors (Lipinski definition) is 4. The van der Waals surface area contributed by atoms with Crippen molar-refractivity contribution in [1.29, 1.82) is 0 Å². The van der Waals surface area contributed by atoms with Gasteiger partial charge in [0.1, 0.15) is 6.04 Å². The Morgan fingerprint density at radius 3 is 2.58 bits per heavy atom. The Hall–Kier alpha value is -1.60. The van der Waals surface area contributed by atoms with Crippen molar-refractivity contribution in [1.82, 2.24) is 9.62 Å². The van der Waals surface area contributed by atoms with E-state index in [0.717, 1.165) is 0 Å². The summed E-state index contributed by atoms with van der Waals surface area (Å²) < 4.78 is 26.2. The molecule has 0 spiro atoms. The average molecular weight is 283 g/mol. The molecule has 1 atom stereocenters. The van der Waals surface area contributed by atoms with Crippen LogP contribution in [-0.4, -0.2) is 38.3 Å². The topological polar surface area (TPSA) is 92.5 Å². The Labute approximate surface area is 112 Å². The third-order valence-electron chi connectivity index (χ3n) is 3.24. The number of benzene rings is 1. The molecule has 7 heteroatoms. The average Bonchev–Trinajstić information content (AvgIpc) is 2.88. The van der Waals surface area contributed by atoms with Crippen LogP contribution in [0.2, 0.25) is 0 Å². The van der Waals surface area contributed by atoms with E-state index in [1.54, 1.807) is 0 Å². The molecule has 1 saturated heterocycles. The minimum absolute atomic E-state index is 0.164. The van der Waals surface area contributed by atoms with Crippen molar-refractivity contribution in [2.24, 2.45) is 0 Å². The molecule has 1 aliphatic rings. The second kappa shape index (κ2) is 5.18. The van der Waals surface area contributed by atoms with E-state index in [2.05, 4.69) is 5.32 Å². The largest absolute Gasteiger partial charge is 0.399 e. The van der Waals surface area contributed by atoms with Crippen LogP contribution in [0.5, 0.6) is 0 Å². The molecule has 6 nitrogen and oxygen atoms in total. The standard InChI is InChI=1S/C12H17N3O3S/c1-14-12(16)11-3-2-8-15(11)19(17,18)10-6-4-9(13)5-7-10/h4-7,11H,2-3,8,13H2,1H3,(H,14,16). The number of anilines is 1. The number of amides is 1.